The second kappa shape index (κ2) is 6.56. The lowest BCUT2D eigenvalue weighted by Crippen LogP contribution is -2.18. The van der Waals surface area contributed by atoms with Crippen molar-refractivity contribution in [1.29, 1.82) is 0 Å². The number of ether oxygens (including phenoxy) is 1. The van der Waals surface area contributed by atoms with Crippen molar-refractivity contribution in [2.75, 3.05) is 18.9 Å². The largest absolute Gasteiger partial charge is 0.495 e. The number of hydrogen-bond donors (Lipinski definition) is 3. The molecule has 0 aliphatic carbocycles. The summed E-state index contributed by atoms with van der Waals surface area (Å²) in [6, 6.07) is 8.32. The molecule has 0 saturated carbocycles. The Hall–Kier alpha value is -3.27. The van der Waals surface area contributed by atoms with E-state index in [2.05, 4.69) is 15.0 Å². The zero-order chi connectivity index (χ0) is 18.9. The van der Waals surface area contributed by atoms with Gasteiger partial charge in [0.2, 0.25) is 0 Å². The molecule has 0 bridgehead atoms. The van der Waals surface area contributed by atoms with E-state index >= 15 is 0 Å². The number of carbonyl (C=O) groups is 1. The normalized spacial score (nSPS) is 11.3. The second-order valence-corrected chi connectivity index (χ2v) is 6.95. The average Bonchev–Trinajstić information content (AvgIpc) is 3.00. The van der Waals surface area contributed by atoms with Crippen molar-refractivity contribution in [3.63, 3.8) is 0 Å². The first-order chi connectivity index (χ1) is 12.3. The maximum atomic E-state index is 12.6. The maximum absolute atomic E-state index is 12.6. The summed E-state index contributed by atoms with van der Waals surface area (Å²) in [4.78, 5) is 25.2. The van der Waals surface area contributed by atoms with Gasteiger partial charge in [0.05, 0.1) is 23.2 Å². The van der Waals surface area contributed by atoms with Crippen LogP contribution in [0.4, 0.5) is 5.69 Å². The highest BCUT2D eigenvalue weighted by molar-refractivity contribution is 7.92. The summed E-state index contributed by atoms with van der Waals surface area (Å²) in [7, 11) is -1.12. The van der Waals surface area contributed by atoms with Crippen LogP contribution < -0.4 is 20.5 Å². The number of fused-ring (bicyclic) bond motifs is 1. The number of rotatable bonds is 5. The van der Waals surface area contributed by atoms with Crippen molar-refractivity contribution in [2.24, 2.45) is 0 Å². The van der Waals surface area contributed by atoms with Crippen molar-refractivity contribution in [2.45, 2.75) is 4.90 Å². The molecule has 0 spiro atoms. The molecule has 9 nitrogen and oxygen atoms in total. The fourth-order valence-electron chi connectivity index (χ4n) is 2.36. The van der Waals surface area contributed by atoms with E-state index in [4.69, 9.17) is 9.15 Å². The molecule has 136 valence electrons. The van der Waals surface area contributed by atoms with Crippen LogP contribution in [0.1, 0.15) is 10.4 Å². The van der Waals surface area contributed by atoms with Gasteiger partial charge >= 0.3 is 5.76 Å². The third-order valence-electron chi connectivity index (χ3n) is 3.64. The van der Waals surface area contributed by atoms with Crippen molar-refractivity contribution in [3.05, 3.63) is 52.5 Å². The Morgan fingerprint density at radius 3 is 2.65 bits per heavy atom. The Morgan fingerprint density at radius 1 is 1.19 bits per heavy atom. The number of hydrogen-bond acceptors (Lipinski definition) is 6. The summed E-state index contributed by atoms with van der Waals surface area (Å²) in [5.41, 5.74) is 1.000. The number of anilines is 1. The number of methoxy groups -OCH3 is 1. The first-order valence-electron chi connectivity index (χ1n) is 7.40. The van der Waals surface area contributed by atoms with Crippen LogP contribution in [0.15, 0.2) is 50.5 Å². The van der Waals surface area contributed by atoms with Gasteiger partial charge < -0.3 is 14.5 Å². The first kappa shape index (κ1) is 17.5. The number of nitrogens with one attached hydrogen (secondary N) is 3. The van der Waals surface area contributed by atoms with Crippen molar-refractivity contribution in [1.82, 2.24) is 10.3 Å². The molecular weight excluding hydrogens is 362 g/mol. The third-order valence-corrected chi connectivity index (χ3v) is 5.00. The fourth-order valence-corrected chi connectivity index (χ4v) is 3.44. The number of H-pyrrole nitrogens is 1. The molecule has 3 aromatic rings. The molecule has 3 N–H and O–H groups in total. The predicted molar refractivity (Wildman–Crippen MR) is 94.0 cm³/mol. The van der Waals surface area contributed by atoms with Crippen LogP contribution in [0.3, 0.4) is 0 Å². The molecule has 0 aliphatic rings. The minimum Gasteiger partial charge on any atom is -0.495 e. The molecule has 0 aliphatic heterocycles. The van der Waals surface area contributed by atoms with Gasteiger partial charge in [-0.2, -0.15) is 0 Å². The Bertz CT molecular complexity index is 1150. The van der Waals surface area contributed by atoms with E-state index in [1.165, 1.54) is 50.6 Å². The van der Waals surface area contributed by atoms with Gasteiger partial charge in [0, 0.05) is 18.7 Å². The van der Waals surface area contributed by atoms with Gasteiger partial charge in [0.1, 0.15) is 5.75 Å². The quantitative estimate of drug-likeness (QED) is 0.614. The van der Waals surface area contributed by atoms with Gasteiger partial charge in [-0.1, -0.05) is 0 Å². The monoisotopic (exact) mass is 377 g/mol. The van der Waals surface area contributed by atoms with Crippen LogP contribution in [-0.4, -0.2) is 33.5 Å². The lowest BCUT2D eigenvalue weighted by atomic mass is 10.2. The summed E-state index contributed by atoms with van der Waals surface area (Å²) < 4.78 is 37.7. The Kier molecular flexibility index (Phi) is 4.43. The van der Waals surface area contributed by atoms with Gasteiger partial charge in [-0.25, -0.2) is 13.2 Å². The predicted octanol–water partition coefficient (Wildman–Crippen LogP) is 1.29. The summed E-state index contributed by atoms with van der Waals surface area (Å²) in [5.74, 6) is -0.816. The van der Waals surface area contributed by atoms with Crippen LogP contribution in [0.2, 0.25) is 0 Å². The number of amides is 1. The van der Waals surface area contributed by atoms with Gasteiger partial charge in [-0.3, -0.25) is 14.5 Å². The average molecular weight is 377 g/mol. The number of carbonyl (C=O) groups excluding carboxylic acids is 1. The van der Waals surface area contributed by atoms with Crippen LogP contribution in [0.25, 0.3) is 11.1 Å². The van der Waals surface area contributed by atoms with E-state index < -0.39 is 15.8 Å². The number of benzene rings is 2. The van der Waals surface area contributed by atoms with E-state index in [1.54, 1.807) is 0 Å². The van der Waals surface area contributed by atoms with Crippen molar-refractivity contribution >= 4 is 32.7 Å². The van der Waals surface area contributed by atoms with Crippen LogP contribution in [-0.2, 0) is 10.0 Å². The molecule has 0 radical (unpaired) electrons. The Morgan fingerprint density at radius 2 is 1.96 bits per heavy atom. The number of aromatic nitrogens is 1. The zero-order valence-corrected chi connectivity index (χ0v) is 14.6. The van der Waals surface area contributed by atoms with E-state index in [0.29, 0.717) is 11.1 Å². The highest BCUT2D eigenvalue weighted by atomic mass is 32.2. The Labute approximate surface area is 148 Å². The minimum absolute atomic E-state index is 0.0924. The van der Waals surface area contributed by atoms with E-state index in [9.17, 15) is 18.0 Å². The van der Waals surface area contributed by atoms with E-state index in [-0.39, 0.29) is 27.8 Å². The number of aromatic amines is 1. The van der Waals surface area contributed by atoms with Crippen LogP contribution in [0.5, 0.6) is 5.75 Å². The lowest BCUT2D eigenvalue weighted by Gasteiger charge is -2.13. The topological polar surface area (TPSA) is 130 Å². The summed E-state index contributed by atoms with van der Waals surface area (Å²) >= 11 is 0. The molecule has 0 fully saturated rings. The molecule has 26 heavy (non-hydrogen) atoms. The molecule has 2 aromatic carbocycles. The molecule has 1 amide bonds. The van der Waals surface area contributed by atoms with E-state index in [1.807, 2.05) is 0 Å². The number of sulfonamides is 1. The zero-order valence-electron chi connectivity index (χ0n) is 13.8. The highest BCUT2D eigenvalue weighted by Crippen LogP contribution is 2.28. The molecule has 0 saturated heterocycles. The summed E-state index contributed by atoms with van der Waals surface area (Å²) in [5, 5.41) is 2.47. The van der Waals surface area contributed by atoms with Gasteiger partial charge in [0.15, 0.2) is 5.58 Å². The molecule has 1 aromatic heterocycles. The van der Waals surface area contributed by atoms with Crippen molar-refractivity contribution in [3.8, 4) is 5.75 Å². The third kappa shape index (κ3) is 3.26. The fraction of sp³-hybridized carbons (Fsp3) is 0.125. The molecule has 3 rings (SSSR count). The molecule has 0 unspecified atom stereocenters. The minimum atomic E-state index is -3.97. The van der Waals surface area contributed by atoms with Crippen molar-refractivity contribution < 1.29 is 22.4 Å². The Balaban J connectivity index is 1.97. The highest BCUT2D eigenvalue weighted by Gasteiger charge is 2.19. The van der Waals surface area contributed by atoms with E-state index in [0.717, 1.165) is 0 Å². The number of oxazole rings is 1. The van der Waals surface area contributed by atoms with Crippen LogP contribution in [0, 0.1) is 0 Å². The van der Waals surface area contributed by atoms with Gasteiger partial charge in [-0.05, 0) is 30.3 Å². The SMILES string of the molecule is CNC(=O)c1ccc(NS(=O)(=O)c2ccc3[nH]c(=O)oc3c2)c(OC)c1. The maximum Gasteiger partial charge on any atom is 0.417 e. The molecule has 1 heterocycles. The standard InChI is InChI=1S/C16H15N3O6S/c1-17-15(20)9-3-5-12(13(7-9)24-2)19-26(22,23)10-4-6-11-14(8-10)25-16(21)18-11/h3-8,19H,1-2H3,(H,17,20)(H,18,21). The molecule has 10 heteroatoms. The van der Waals surface area contributed by atoms with Gasteiger partial charge in [-0.15, -0.1) is 0 Å². The summed E-state index contributed by atoms with van der Waals surface area (Å²) in [6.07, 6.45) is 0. The summed E-state index contributed by atoms with van der Waals surface area (Å²) in [6.45, 7) is 0. The smallest absolute Gasteiger partial charge is 0.417 e. The molecule has 0 atom stereocenters. The van der Waals surface area contributed by atoms with Gasteiger partial charge in [0.25, 0.3) is 15.9 Å². The lowest BCUT2D eigenvalue weighted by molar-refractivity contribution is 0.0963. The second-order valence-electron chi connectivity index (χ2n) is 5.27. The first-order valence-corrected chi connectivity index (χ1v) is 8.88. The molecular formula is C16H15N3O6S. The van der Waals surface area contributed by atoms with Crippen LogP contribution >= 0.6 is 0 Å².